The minimum atomic E-state index is -0.985. The van der Waals surface area contributed by atoms with Gasteiger partial charge in [0.25, 0.3) is 0 Å². The molecule has 1 fully saturated rings. The lowest BCUT2D eigenvalue weighted by Gasteiger charge is -2.11. The van der Waals surface area contributed by atoms with E-state index in [0.717, 1.165) is 5.56 Å². The third-order valence-electron chi connectivity index (χ3n) is 5.74. The second-order valence-corrected chi connectivity index (χ2v) is 8.33. The van der Waals surface area contributed by atoms with E-state index in [1.165, 1.54) is 24.5 Å². The highest BCUT2D eigenvalue weighted by molar-refractivity contribution is 5.91. The van der Waals surface area contributed by atoms with Crippen molar-refractivity contribution in [1.82, 2.24) is 5.06 Å². The third kappa shape index (κ3) is 5.18. The van der Waals surface area contributed by atoms with Gasteiger partial charge in [-0.3, -0.25) is 4.79 Å². The highest BCUT2D eigenvalue weighted by Crippen LogP contribution is 2.22. The summed E-state index contributed by atoms with van der Waals surface area (Å²) in [4.78, 5) is 46.9. The molecule has 9 heteroatoms. The molecule has 0 amide bonds. The van der Waals surface area contributed by atoms with Crippen molar-refractivity contribution < 1.29 is 33.7 Å². The molecule has 0 aliphatic carbocycles. The number of hydroxylamine groups is 2. The van der Waals surface area contributed by atoms with Crippen molar-refractivity contribution in [2.75, 3.05) is 6.54 Å². The van der Waals surface area contributed by atoms with Crippen LogP contribution in [0.5, 0.6) is 5.75 Å². The summed E-state index contributed by atoms with van der Waals surface area (Å²) in [6.07, 6.45) is 1.26. The van der Waals surface area contributed by atoms with Gasteiger partial charge in [0, 0.05) is 18.1 Å². The molecule has 36 heavy (non-hydrogen) atoms. The summed E-state index contributed by atoms with van der Waals surface area (Å²) in [5, 5.41) is 11.0. The molecule has 2 heterocycles. The maximum atomic E-state index is 13.0. The number of benzene rings is 3. The number of hydrogen-bond donors (Lipinski definition) is 1. The van der Waals surface area contributed by atoms with E-state index < -0.39 is 18.0 Å². The number of aromatic carboxylic acids is 1. The van der Waals surface area contributed by atoms with E-state index in [0.29, 0.717) is 35.2 Å². The largest absolute Gasteiger partial charge is 0.478 e. The highest BCUT2D eigenvalue weighted by Gasteiger charge is 2.27. The molecule has 1 N–H and O–H groups in total. The Kier molecular flexibility index (Phi) is 6.59. The third-order valence-corrected chi connectivity index (χ3v) is 5.74. The zero-order valence-corrected chi connectivity index (χ0v) is 19.0. The molecular formula is C27H21NO8. The summed E-state index contributed by atoms with van der Waals surface area (Å²) in [5.74, 6) is -1.22. The van der Waals surface area contributed by atoms with Gasteiger partial charge < -0.3 is 14.3 Å². The Morgan fingerprint density at radius 1 is 1.00 bits per heavy atom. The molecule has 1 atom stereocenters. The van der Waals surface area contributed by atoms with Gasteiger partial charge in [0.05, 0.1) is 35.9 Å². The van der Waals surface area contributed by atoms with Crippen molar-refractivity contribution in [2.45, 2.75) is 19.1 Å². The summed E-state index contributed by atoms with van der Waals surface area (Å²) in [7, 11) is 0. The Bertz CT molecular complexity index is 1460. The molecule has 182 valence electrons. The smallest absolute Gasteiger partial charge is 0.343 e. The Labute approximate surface area is 204 Å². The number of carbonyl (C=O) groups excluding carboxylic acids is 1. The number of carboxylic acid groups (broad SMARTS) is 1. The predicted octanol–water partition coefficient (Wildman–Crippen LogP) is 4.00. The molecule has 0 bridgehead atoms. The minimum absolute atomic E-state index is 0.205. The maximum absolute atomic E-state index is 13.0. The molecule has 1 aliphatic rings. The van der Waals surface area contributed by atoms with Gasteiger partial charge >= 0.3 is 11.9 Å². The number of nitrogens with zero attached hydrogens (tertiary/aromatic N) is 1. The van der Waals surface area contributed by atoms with Crippen molar-refractivity contribution in [2.24, 2.45) is 0 Å². The van der Waals surface area contributed by atoms with Crippen molar-refractivity contribution in [1.29, 1.82) is 0 Å². The van der Waals surface area contributed by atoms with E-state index in [-0.39, 0.29) is 23.2 Å². The maximum Gasteiger partial charge on any atom is 0.343 e. The second kappa shape index (κ2) is 10.1. The normalized spacial score (nSPS) is 15.7. The van der Waals surface area contributed by atoms with E-state index in [4.69, 9.17) is 24.1 Å². The fourth-order valence-electron chi connectivity index (χ4n) is 3.89. The molecule has 1 aromatic heterocycles. The van der Waals surface area contributed by atoms with Gasteiger partial charge in [-0.05, 0) is 42.0 Å². The van der Waals surface area contributed by atoms with Crippen LogP contribution in [0.2, 0.25) is 0 Å². The molecule has 0 saturated carbocycles. The van der Waals surface area contributed by atoms with Crippen LogP contribution in [-0.2, 0) is 22.8 Å². The van der Waals surface area contributed by atoms with Crippen molar-refractivity contribution >= 4 is 22.9 Å². The van der Waals surface area contributed by atoms with Gasteiger partial charge in [0.1, 0.15) is 17.4 Å². The van der Waals surface area contributed by atoms with Crippen LogP contribution in [0.25, 0.3) is 11.0 Å². The molecular weight excluding hydrogens is 466 g/mol. The van der Waals surface area contributed by atoms with Crippen molar-refractivity contribution in [3.05, 3.63) is 112 Å². The Morgan fingerprint density at radius 2 is 1.78 bits per heavy atom. The first-order chi connectivity index (χ1) is 17.5. The van der Waals surface area contributed by atoms with Crippen LogP contribution in [-0.4, -0.2) is 34.8 Å². The molecule has 1 unspecified atom stereocenters. The SMILES string of the molecule is O=C(O)c1ccc(CN2CC(Cc3coc4cc(OC(=O)c5ccccc5)ccc4c3=O)OO2)cc1. The zero-order chi connectivity index (χ0) is 25.1. The van der Waals surface area contributed by atoms with Crippen LogP contribution in [0.3, 0.4) is 0 Å². The van der Waals surface area contributed by atoms with E-state index in [2.05, 4.69) is 0 Å². The first-order valence-electron chi connectivity index (χ1n) is 11.2. The van der Waals surface area contributed by atoms with E-state index >= 15 is 0 Å². The molecule has 0 spiro atoms. The van der Waals surface area contributed by atoms with Gasteiger partial charge in [0.15, 0.2) is 5.43 Å². The van der Waals surface area contributed by atoms with Gasteiger partial charge in [-0.2, -0.15) is 0 Å². The predicted molar refractivity (Wildman–Crippen MR) is 127 cm³/mol. The highest BCUT2D eigenvalue weighted by atomic mass is 17.3. The van der Waals surface area contributed by atoms with Gasteiger partial charge in [-0.1, -0.05) is 30.3 Å². The van der Waals surface area contributed by atoms with E-state index in [1.807, 2.05) is 0 Å². The van der Waals surface area contributed by atoms with Crippen molar-refractivity contribution in [3.8, 4) is 5.75 Å². The van der Waals surface area contributed by atoms with Crippen molar-refractivity contribution in [3.63, 3.8) is 0 Å². The van der Waals surface area contributed by atoms with Crippen LogP contribution in [0.15, 0.2) is 88.3 Å². The summed E-state index contributed by atoms with van der Waals surface area (Å²) in [5.41, 5.74) is 2.01. The van der Waals surface area contributed by atoms with Crippen LogP contribution in [0.1, 0.15) is 31.8 Å². The number of hydrogen-bond acceptors (Lipinski definition) is 8. The minimum Gasteiger partial charge on any atom is -0.478 e. The standard InChI is InChI=1S/C27H21NO8/c29-25-20(12-22-15-28(36-35-22)14-17-6-8-18(9-7-17)26(30)31)16-33-24-13-21(10-11-23(24)25)34-27(32)19-4-2-1-3-5-19/h1-11,13,16,22H,12,14-15H2,(H,30,31). The summed E-state index contributed by atoms with van der Waals surface area (Å²) in [6, 6.07) is 19.7. The number of carbonyl (C=O) groups is 2. The lowest BCUT2D eigenvalue weighted by molar-refractivity contribution is -0.385. The topological polar surface area (TPSA) is 116 Å². The molecule has 4 aromatic rings. The summed E-state index contributed by atoms with van der Waals surface area (Å²) >= 11 is 0. The number of esters is 1. The summed E-state index contributed by atoms with van der Waals surface area (Å²) < 4.78 is 11.1. The fraction of sp³-hybridized carbons (Fsp3) is 0.148. The van der Waals surface area contributed by atoms with E-state index in [9.17, 15) is 14.4 Å². The number of carboxylic acids is 1. The molecule has 5 rings (SSSR count). The average molecular weight is 487 g/mol. The lowest BCUT2D eigenvalue weighted by Crippen LogP contribution is -2.24. The van der Waals surface area contributed by atoms with Gasteiger partial charge in [0.2, 0.25) is 0 Å². The molecule has 3 aromatic carbocycles. The van der Waals surface area contributed by atoms with Crippen LogP contribution in [0, 0.1) is 0 Å². The molecule has 1 aliphatic heterocycles. The molecule has 0 radical (unpaired) electrons. The first kappa shape index (κ1) is 23.4. The average Bonchev–Trinajstić information content (AvgIpc) is 3.33. The summed E-state index contributed by atoms with van der Waals surface area (Å²) in [6.45, 7) is 0.805. The lowest BCUT2D eigenvalue weighted by atomic mass is 10.1. The van der Waals surface area contributed by atoms with Gasteiger partial charge in [-0.25, -0.2) is 14.5 Å². The van der Waals surface area contributed by atoms with Crippen LogP contribution < -0.4 is 10.2 Å². The second-order valence-electron chi connectivity index (χ2n) is 8.33. The van der Waals surface area contributed by atoms with Crippen LogP contribution in [0.4, 0.5) is 0 Å². The van der Waals surface area contributed by atoms with Gasteiger partial charge in [-0.15, -0.1) is 10.1 Å². The first-order valence-corrected chi connectivity index (χ1v) is 11.2. The fourth-order valence-corrected chi connectivity index (χ4v) is 3.89. The Morgan fingerprint density at radius 3 is 2.53 bits per heavy atom. The number of rotatable bonds is 7. The van der Waals surface area contributed by atoms with Crippen LogP contribution >= 0.6 is 0 Å². The zero-order valence-electron chi connectivity index (χ0n) is 19.0. The monoisotopic (exact) mass is 487 g/mol. The Hall–Kier alpha value is -4.31. The molecule has 9 nitrogen and oxygen atoms in total. The quantitative estimate of drug-likeness (QED) is 0.235. The molecule has 1 saturated heterocycles. The van der Waals surface area contributed by atoms with E-state index in [1.54, 1.807) is 59.7 Å². The number of ether oxygens (including phenoxy) is 1. The number of fused-ring (bicyclic) bond motifs is 1. The Balaban J connectivity index is 1.23.